The van der Waals surface area contributed by atoms with Gasteiger partial charge >= 0.3 is 48.1 Å². The number of rotatable bonds is 13. The van der Waals surface area contributed by atoms with Crippen molar-refractivity contribution < 1.29 is 87.9 Å². The van der Waals surface area contributed by atoms with Crippen molar-refractivity contribution in [3.05, 3.63) is 357 Å². The van der Waals surface area contributed by atoms with E-state index in [9.17, 15) is 73.9 Å². The van der Waals surface area contributed by atoms with Crippen LogP contribution in [-0.2, 0) is 103 Å². The highest BCUT2D eigenvalue weighted by Gasteiger charge is 2.42. The van der Waals surface area contributed by atoms with E-state index in [1.165, 1.54) is 39.6 Å². The van der Waals surface area contributed by atoms with Crippen LogP contribution in [-0.4, -0.2) is 148 Å². The van der Waals surface area contributed by atoms with E-state index in [0.717, 1.165) is 116 Å². The number of nitrogen functional groups attached to an aromatic ring is 1. The molecule has 0 bridgehead atoms. The zero-order chi connectivity index (χ0) is 87.1. The Bertz CT molecular complexity index is 5730. The monoisotopic (exact) mass is 1670 g/mol. The molecule has 28 nitrogen and oxygen atoms in total. The topological polar surface area (TPSA) is 411 Å². The summed E-state index contributed by atoms with van der Waals surface area (Å²) in [4.78, 5) is 121. The summed E-state index contributed by atoms with van der Waals surface area (Å²) >= 11 is 0. The molecule has 630 valence electrons. The zero-order valence-corrected chi connectivity index (χ0v) is 67.1. The summed E-state index contributed by atoms with van der Waals surface area (Å²) in [5.41, 5.74) is 29.8. The molecule has 0 saturated carbocycles. The number of non-ortho nitro benzene ring substituents is 2. The van der Waals surface area contributed by atoms with Gasteiger partial charge in [0.15, 0.2) is 0 Å². The quantitative estimate of drug-likeness (QED) is 0.0230. The molecule has 0 unspecified atom stereocenters. The number of nitrogens with two attached hydrogens (primary N) is 1. The number of carboxylic acids is 5. The molecular formula is C96H86N8O20. The van der Waals surface area contributed by atoms with Crippen LogP contribution in [0.4, 0.5) is 31.4 Å². The number of nitrogens with zero attached hydrogens (tertiary/aromatic N) is 5. The van der Waals surface area contributed by atoms with Gasteiger partial charge in [-0.1, -0.05) is 212 Å². The van der Waals surface area contributed by atoms with Crippen LogP contribution in [0.3, 0.4) is 0 Å². The number of aliphatic carboxylic acids is 5. The second-order valence-corrected chi connectivity index (χ2v) is 31.4. The molecule has 9 N–H and O–H groups in total. The Labute approximate surface area is 711 Å². The van der Waals surface area contributed by atoms with Crippen molar-refractivity contribution in [1.29, 1.82) is 0 Å². The number of amides is 3. The zero-order valence-electron chi connectivity index (χ0n) is 67.1. The van der Waals surface area contributed by atoms with Crippen molar-refractivity contribution in [1.82, 2.24) is 25.3 Å². The molecule has 0 saturated heterocycles. The average molecular weight is 1670 g/mol. The summed E-state index contributed by atoms with van der Waals surface area (Å²) in [6, 6.07) is 72.4. The van der Waals surface area contributed by atoms with Crippen LogP contribution in [0.25, 0.3) is 33.4 Å². The molecule has 28 heteroatoms. The Morgan fingerprint density at radius 3 is 0.976 bits per heavy atom. The van der Waals surface area contributed by atoms with Gasteiger partial charge in [0.25, 0.3) is 11.4 Å². The maximum absolute atomic E-state index is 13.0. The van der Waals surface area contributed by atoms with Crippen LogP contribution in [0.2, 0.25) is 0 Å². The van der Waals surface area contributed by atoms with Crippen molar-refractivity contribution in [3.63, 3.8) is 0 Å². The fourth-order valence-electron chi connectivity index (χ4n) is 17.7. The summed E-state index contributed by atoms with van der Waals surface area (Å²) in [7, 11) is 0. The molecule has 8 aliphatic rings. The number of anilines is 1. The van der Waals surface area contributed by atoms with E-state index in [4.69, 9.17) is 30.2 Å². The van der Waals surface area contributed by atoms with Gasteiger partial charge in [0.05, 0.1) is 29.5 Å². The number of carbonyl (C=O) groups excluding carboxylic acids is 3. The van der Waals surface area contributed by atoms with Crippen LogP contribution < -0.4 is 16.4 Å². The maximum atomic E-state index is 13.0. The van der Waals surface area contributed by atoms with Gasteiger partial charge < -0.3 is 56.1 Å². The summed E-state index contributed by atoms with van der Waals surface area (Å²) < 4.78 is 17.1. The lowest BCUT2D eigenvalue weighted by Gasteiger charge is -2.34. The molecule has 0 aromatic heterocycles. The van der Waals surface area contributed by atoms with Crippen molar-refractivity contribution in [2.75, 3.05) is 25.6 Å². The van der Waals surface area contributed by atoms with E-state index < -0.39 is 88.2 Å². The summed E-state index contributed by atoms with van der Waals surface area (Å²) in [6.45, 7) is 3.74. The third-order valence-corrected chi connectivity index (χ3v) is 24.0. The molecule has 0 fully saturated rings. The van der Waals surface area contributed by atoms with Crippen molar-refractivity contribution in [2.45, 2.75) is 120 Å². The summed E-state index contributed by atoms with van der Waals surface area (Å²) in [5.74, 6) is -5.16. The van der Waals surface area contributed by atoms with E-state index in [2.05, 4.69) is 47.0 Å². The van der Waals surface area contributed by atoms with Gasteiger partial charge in [0.2, 0.25) is 0 Å². The van der Waals surface area contributed by atoms with Crippen molar-refractivity contribution >= 4 is 65.2 Å². The van der Waals surface area contributed by atoms with Gasteiger partial charge in [-0.3, -0.25) is 44.5 Å². The second-order valence-electron chi connectivity index (χ2n) is 31.4. The minimum Gasteiger partial charge on any atom is -0.480 e. The number of carbonyl (C=O) groups is 8. The molecule has 0 spiro atoms. The van der Waals surface area contributed by atoms with Crippen LogP contribution in [0.1, 0.15) is 112 Å². The molecule has 3 aliphatic carbocycles. The lowest BCUT2D eigenvalue weighted by Crippen LogP contribution is -2.49. The van der Waals surface area contributed by atoms with E-state index >= 15 is 0 Å². The van der Waals surface area contributed by atoms with E-state index in [1.54, 1.807) is 24.3 Å². The van der Waals surface area contributed by atoms with E-state index in [-0.39, 0.29) is 87.8 Å². The number of hydrogen-bond acceptors (Lipinski definition) is 18. The Hall–Kier alpha value is -14.9. The van der Waals surface area contributed by atoms with Gasteiger partial charge in [-0.2, -0.15) is 0 Å². The molecule has 3 amide bonds. The molecule has 5 heterocycles. The van der Waals surface area contributed by atoms with Crippen LogP contribution in [0.5, 0.6) is 0 Å². The normalized spacial score (nSPS) is 17.5. The summed E-state index contributed by atoms with van der Waals surface area (Å²) in [5, 5.41) is 74.3. The maximum Gasteiger partial charge on any atom is 0.410 e. The van der Waals surface area contributed by atoms with Crippen LogP contribution >= 0.6 is 0 Å². The number of nitro benzene ring substituents is 2. The molecule has 19 rings (SSSR count). The highest BCUT2D eigenvalue weighted by molar-refractivity contribution is 5.86. The Kier molecular flexibility index (Phi) is 24.8. The van der Waals surface area contributed by atoms with Gasteiger partial charge in [-0.15, -0.1) is 0 Å². The van der Waals surface area contributed by atoms with Gasteiger partial charge in [0, 0.05) is 80.1 Å². The number of hydrogen-bond donors (Lipinski definition) is 8. The molecule has 124 heavy (non-hydrogen) atoms. The fraction of sp³-hybridized carbons (Fsp3) is 0.229. The number of aryl methyl sites for hydroxylation is 1. The predicted molar refractivity (Wildman–Crippen MR) is 456 cm³/mol. The molecule has 11 aromatic carbocycles. The number of nitrogens with one attached hydrogen (secondary N) is 2. The van der Waals surface area contributed by atoms with E-state index in [0.29, 0.717) is 42.7 Å². The van der Waals surface area contributed by atoms with Crippen molar-refractivity contribution in [2.24, 2.45) is 0 Å². The second kappa shape index (κ2) is 36.6. The number of benzene rings is 11. The van der Waals surface area contributed by atoms with Crippen LogP contribution in [0, 0.1) is 27.2 Å². The van der Waals surface area contributed by atoms with Crippen LogP contribution in [0.15, 0.2) is 243 Å². The first-order valence-corrected chi connectivity index (χ1v) is 40.3. The molecule has 0 radical (unpaired) electrons. The SMILES string of the molecule is Cc1ccc2c(c1)CN(C(=O)OCC1c3ccccc3-c3ccccc31)[C@H](C(=O)O)C2.Nc1ccc2c(c1)CN(C(=O)OCC1c3ccccc3-c3ccccc31)[C@H](C(=O)O)C2.O=C(O)[C@@H]1Cc2ccc([N+](=O)[O-])cc2CN1.O=C(O)[C@@H]1Cc2ccc([N+](=O)[O-])cc2CN1C(=O)OCC1c2ccccc2-c2ccccc21.O=C(O)[C@@H]1Cc2ccccc2CN1. The number of ether oxygens (including phenoxy) is 3. The Balaban J connectivity index is 0.000000124. The lowest BCUT2D eigenvalue weighted by molar-refractivity contribution is -0.385. The van der Waals surface area contributed by atoms with Gasteiger partial charge in [-0.25, -0.2) is 28.8 Å². The molecule has 11 aromatic rings. The first-order valence-electron chi connectivity index (χ1n) is 40.3. The molecule has 5 aliphatic heterocycles. The standard InChI is InChI=1S/C26H23NO4.C25H20N2O6.C25H22N2O4.C10H10N2O4.C10H11NO2/c1-16-10-11-17-13-24(25(28)29)27(14-18(17)12-16)26(30)31-15-23-21-8-4-2-6-19(21)20-7-3-5-9-22(20)23;28-24(29)23-12-15-9-10-17(27(31)32)11-16(15)13-26(23)25(30)33-14-22-20-7-3-1-5-18(20)19-6-2-4-8-21(19)22;26-17-10-9-15-12-23(24(28)29)27(13-16(15)11-17)25(30)31-14-22-20-7-3-1-5-18(20)19-6-2-4-8-21(19)22;13-10(14)9-4-6-1-2-8(12(15)16)3-7(6)5-11-9;12-10(13)9-5-7-3-1-2-4-8(7)6-11-9/h2-12,23-24H,13-15H2,1H3,(H,28,29);1-11,22-23H,12-14H2,(H,28,29);1-11,22-23H,12-14,26H2,(H,28,29);1-3,9,11H,4-5H2,(H,13,14);1-4,9,11H,5-6H2,(H,12,13)/t24-;2*23-;2*9-/m00000/s1. The Morgan fingerprint density at radius 2 is 0.629 bits per heavy atom. The minimum atomic E-state index is -1.15. The van der Waals surface area contributed by atoms with Gasteiger partial charge in [-0.05, 0) is 154 Å². The smallest absolute Gasteiger partial charge is 0.410 e. The first kappa shape index (κ1) is 84.1. The van der Waals surface area contributed by atoms with Crippen molar-refractivity contribution in [3.8, 4) is 33.4 Å². The average Bonchev–Trinajstić information content (AvgIpc) is 1.61. The number of carboxylic acid groups (broad SMARTS) is 5. The Morgan fingerprint density at radius 1 is 0.347 bits per heavy atom. The molecular weight excluding hydrogens is 1590 g/mol. The highest BCUT2D eigenvalue weighted by atomic mass is 16.6. The summed E-state index contributed by atoms with van der Waals surface area (Å²) in [6.07, 6.45) is -0.420. The largest absolute Gasteiger partial charge is 0.480 e. The third kappa shape index (κ3) is 18.0. The predicted octanol–water partition coefficient (Wildman–Crippen LogP) is 14.6. The minimum absolute atomic E-state index is 0.0364. The number of nitro groups is 2. The first-order chi connectivity index (χ1) is 59.8. The molecule has 5 atom stereocenters. The highest BCUT2D eigenvalue weighted by Crippen LogP contribution is 2.48. The number of fused-ring (bicyclic) bond motifs is 14. The third-order valence-electron chi connectivity index (χ3n) is 24.0. The fourth-order valence-corrected chi connectivity index (χ4v) is 17.7. The lowest BCUT2D eigenvalue weighted by atomic mass is 9.93. The van der Waals surface area contributed by atoms with Gasteiger partial charge in [0.1, 0.15) is 50.0 Å². The van der Waals surface area contributed by atoms with E-state index in [1.807, 2.05) is 165 Å².